The molecule has 1 rings (SSSR count). The Morgan fingerprint density at radius 3 is 2.69 bits per heavy atom. The van der Waals surface area contributed by atoms with Crippen LogP contribution in [0.1, 0.15) is 26.7 Å². The third-order valence-electron chi connectivity index (χ3n) is 3.46. The van der Waals surface area contributed by atoms with E-state index in [-0.39, 0.29) is 0 Å². The molecule has 13 heavy (non-hydrogen) atoms. The molecule has 1 saturated heterocycles. The molecule has 3 atom stereocenters. The monoisotopic (exact) mass is 186 g/mol. The number of piperidine rings is 1. The maximum Gasteiger partial charge on any atom is 0.0712 e. The maximum atomic E-state index is 10.3. The second-order valence-corrected chi connectivity index (χ2v) is 4.54. The van der Waals surface area contributed by atoms with Gasteiger partial charge in [-0.2, -0.15) is 0 Å². The minimum absolute atomic E-state index is 0.331. The van der Waals surface area contributed by atoms with Crippen LogP contribution in [0.2, 0.25) is 0 Å². The SMILES string of the molecule is C[C@H]1C[C@](O)(CCN)[C@@H](C)CN1C. The van der Waals surface area contributed by atoms with Crippen molar-refractivity contribution in [2.24, 2.45) is 11.7 Å². The molecule has 0 aromatic rings. The normalized spacial score (nSPS) is 42.2. The van der Waals surface area contributed by atoms with Crippen molar-refractivity contribution in [3.63, 3.8) is 0 Å². The Labute approximate surface area is 80.9 Å². The molecule has 0 radical (unpaired) electrons. The van der Waals surface area contributed by atoms with E-state index >= 15 is 0 Å². The highest BCUT2D eigenvalue weighted by atomic mass is 16.3. The summed E-state index contributed by atoms with van der Waals surface area (Å²) in [5.41, 5.74) is 4.99. The largest absolute Gasteiger partial charge is 0.389 e. The molecule has 0 amide bonds. The first-order chi connectivity index (χ1) is 5.99. The van der Waals surface area contributed by atoms with Gasteiger partial charge in [-0.05, 0) is 39.3 Å². The van der Waals surface area contributed by atoms with Crippen LogP contribution < -0.4 is 5.73 Å². The Hall–Kier alpha value is -0.120. The van der Waals surface area contributed by atoms with Crippen LogP contribution in [0.5, 0.6) is 0 Å². The van der Waals surface area contributed by atoms with Crippen LogP contribution >= 0.6 is 0 Å². The summed E-state index contributed by atoms with van der Waals surface area (Å²) < 4.78 is 0. The van der Waals surface area contributed by atoms with Crippen molar-refractivity contribution < 1.29 is 5.11 Å². The Morgan fingerprint density at radius 1 is 1.54 bits per heavy atom. The zero-order valence-electron chi connectivity index (χ0n) is 8.95. The summed E-state index contributed by atoms with van der Waals surface area (Å²) in [6.07, 6.45) is 1.58. The minimum Gasteiger partial charge on any atom is -0.389 e. The summed E-state index contributed by atoms with van der Waals surface area (Å²) in [4.78, 5) is 2.30. The lowest BCUT2D eigenvalue weighted by Crippen LogP contribution is -2.54. The first-order valence-electron chi connectivity index (χ1n) is 5.12. The van der Waals surface area contributed by atoms with Crippen molar-refractivity contribution in [1.29, 1.82) is 0 Å². The fourth-order valence-electron chi connectivity index (χ4n) is 2.25. The van der Waals surface area contributed by atoms with E-state index in [0.29, 0.717) is 18.5 Å². The van der Waals surface area contributed by atoms with Crippen LogP contribution in [0.25, 0.3) is 0 Å². The molecule has 0 unspecified atom stereocenters. The summed E-state index contributed by atoms with van der Waals surface area (Å²) in [5, 5.41) is 10.3. The van der Waals surface area contributed by atoms with Crippen molar-refractivity contribution in [3.05, 3.63) is 0 Å². The maximum absolute atomic E-state index is 10.3. The average Bonchev–Trinajstić information content (AvgIpc) is 2.02. The second-order valence-electron chi connectivity index (χ2n) is 4.54. The first-order valence-corrected chi connectivity index (χ1v) is 5.12. The standard InChI is InChI=1S/C10H22N2O/c1-8-7-12(3)9(2)6-10(8,13)4-5-11/h8-9,13H,4-7,11H2,1-3H3/t8-,9-,10+/m0/s1. The minimum atomic E-state index is -0.527. The highest BCUT2D eigenvalue weighted by Crippen LogP contribution is 2.32. The fraction of sp³-hybridized carbons (Fsp3) is 1.00. The molecule has 1 aliphatic rings. The van der Waals surface area contributed by atoms with Crippen LogP contribution in [-0.4, -0.2) is 41.8 Å². The van der Waals surface area contributed by atoms with Crippen molar-refractivity contribution in [3.8, 4) is 0 Å². The van der Waals surface area contributed by atoms with Gasteiger partial charge in [-0.15, -0.1) is 0 Å². The van der Waals surface area contributed by atoms with Gasteiger partial charge < -0.3 is 15.7 Å². The van der Waals surface area contributed by atoms with Crippen LogP contribution in [0.4, 0.5) is 0 Å². The zero-order chi connectivity index (χ0) is 10.1. The Kier molecular flexibility index (Phi) is 3.33. The summed E-state index contributed by atoms with van der Waals surface area (Å²) in [5.74, 6) is 0.331. The predicted octanol–water partition coefficient (Wildman–Crippen LogP) is 0.426. The Bertz CT molecular complexity index is 174. The highest BCUT2D eigenvalue weighted by Gasteiger charge is 2.39. The third-order valence-corrected chi connectivity index (χ3v) is 3.46. The molecule has 1 fully saturated rings. The highest BCUT2D eigenvalue weighted by molar-refractivity contribution is 4.93. The molecule has 0 aliphatic carbocycles. The lowest BCUT2D eigenvalue weighted by molar-refractivity contribution is -0.0819. The van der Waals surface area contributed by atoms with Gasteiger partial charge in [0.2, 0.25) is 0 Å². The van der Waals surface area contributed by atoms with Crippen LogP contribution in [-0.2, 0) is 0 Å². The Morgan fingerprint density at radius 2 is 2.15 bits per heavy atom. The summed E-state index contributed by atoms with van der Waals surface area (Å²) in [6.45, 7) is 5.82. The number of rotatable bonds is 2. The third kappa shape index (κ3) is 2.22. The van der Waals surface area contributed by atoms with E-state index in [4.69, 9.17) is 5.73 Å². The zero-order valence-corrected chi connectivity index (χ0v) is 8.95. The number of nitrogens with zero attached hydrogens (tertiary/aromatic N) is 1. The molecule has 3 heteroatoms. The molecular formula is C10H22N2O. The molecule has 1 heterocycles. The lowest BCUT2D eigenvalue weighted by Gasteiger charge is -2.45. The van der Waals surface area contributed by atoms with Gasteiger partial charge in [-0.3, -0.25) is 0 Å². The number of likely N-dealkylation sites (tertiary alicyclic amines) is 1. The van der Waals surface area contributed by atoms with Crippen LogP contribution in [0, 0.1) is 5.92 Å². The van der Waals surface area contributed by atoms with Crippen molar-refractivity contribution in [2.45, 2.75) is 38.3 Å². The van der Waals surface area contributed by atoms with Gasteiger partial charge >= 0.3 is 0 Å². The van der Waals surface area contributed by atoms with E-state index in [2.05, 4.69) is 25.8 Å². The van der Waals surface area contributed by atoms with E-state index in [9.17, 15) is 5.11 Å². The molecule has 0 aromatic heterocycles. The smallest absolute Gasteiger partial charge is 0.0712 e. The van der Waals surface area contributed by atoms with Crippen LogP contribution in [0.3, 0.4) is 0 Å². The Balaban J connectivity index is 2.64. The van der Waals surface area contributed by atoms with E-state index in [0.717, 1.165) is 19.4 Å². The van der Waals surface area contributed by atoms with E-state index < -0.39 is 5.60 Å². The second kappa shape index (κ2) is 3.95. The molecule has 78 valence electrons. The first kappa shape index (κ1) is 11.0. The average molecular weight is 186 g/mol. The molecule has 3 N–H and O–H groups in total. The number of aliphatic hydroxyl groups is 1. The molecule has 0 saturated carbocycles. The van der Waals surface area contributed by atoms with E-state index in [1.165, 1.54) is 0 Å². The molecule has 3 nitrogen and oxygen atoms in total. The quantitative estimate of drug-likeness (QED) is 0.657. The summed E-state index contributed by atoms with van der Waals surface area (Å²) in [6, 6.07) is 0.466. The van der Waals surface area contributed by atoms with Gasteiger partial charge in [0, 0.05) is 12.6 Å². The van der Waals surface area contributed by atoms with E-state index in [1.807, 2.05) is 0 Å². The summed E-state index contributed by atoms with van der Waals surface area (Å²) in [7, 11) is 2.11. The predicted molar refractivity (Wildman–Crippen MR) is 54.5 cm³/mol. The van der Waals surface area contributed by atoms with Crippen LogP contribution in [0.15, 0.2) is 0 Å². The molecule has 0 bridgehead atoms. The van der Waals surface area contributed by atoms with Crippen molar-refractivity contribution in [2.75, 3.05) is 20.1 Å². The van der Waals surface area contributed by atoms with Gasteiger partial charge in [0.05, 0.1) is 5.60 Å². The van der Waals surface area contributed by atoms with Gasteiger partial charge in [-0.1, -0.05) is 6.92 Å². The van der Waals surface area contributed by atoms with Crippen molar-refractivity contribution in [1.82, 2.24) is 4.90 Å². The number of hydrogen-bond acceptors (Lipinski definition) is 3. The summed E-state index contributed by atoms with van der Waals surface area (Å²) >= 11 is 0. The fourth-order valence-corrected chi connectivity index (χ4v) is 2.25. The van der Waals surface area contributed by atoms with Gasteiger partial charge in [-0.25, -0.2) is 0 Å². The number of nitrogens with two attached hydrogens (primary N) is 1. The van der Waals surface area contributed by atoms with Gasteiger partial charge in [0.1, 0.15) is 0 Å². The lowest BCUT2D eigenvalue weighted by atomic mass is 9.77. The number of hydrogen-bond donors (Lipinski definition) is 2. The van der Waals surface area contributed by atoms with E-state index in [1.54, 1.807) is 0 Å². The topological polar surface area (TPSA) is 49.5 Å². The molecular weight excluding hydrogens is 164 g/mol. The van der Waals surface area contributed by atoms with Gasteiger partial charge in [0.15, 0.2) is 0 Å². The molecule has 1 aliphatic heterocycles. The van der Waals surface area contributed by atoms with Gasteiger partial charge in [0.25, 0.3) is 0 Å². The molecule has 0 aromatic carbocycles. The van der Waals surface area contributed by atoms with Crippen molar-refractivity contribution >= 4 is 0 Å². The molecule has 0 spiro atoms.